The number of carbonyl (C=O) groups excluding carboxylic acids is 1. The summed E-state index contributed by atoms with van der Waals surface area (Å²) in [5, 5.41) is 0. The topological polar surface area (TPSA) is 26.3 Å². The lowest BCUT2D eigenvalue weighted by Crippen LogP contribution is -2.12. The monoisotopic (exact) mass is 206 g/mol. The molecule has 15 heavy (non-hydrogen) atoms. The Bertz CT molecular complexity index is 339. The van der Waals surface area contributed by atoms with Crippen LogP contribution >= 0.6 is 0 Å². The number of hydrogen-bond donors (Lipinski definition) is 0. The summed E-state index contributed by atoms with van der Waals surface area (Å²) in [6.45, 7) is 1.51. The second kappa shape index (κ2) is 5.54. The molecule has 78 valence electrons. The molecule has 1 atom stereocenters. The summed E-state index contributed by atoms with van der Waals surface area (Å²) in [5.74, 6) is -0.469. The van der Waals surface area contributed by atoms with E-state index < -0.39 is 12.1 Å². The molecular formula is C11H12BFO2. The lowest BCUT2D eigenvalue weighted by atomic mass is 9.94. The Morgan fingerprint density at radius 3 is 2.93 bits per heavy atom. The van der Waals surface area contributed by atoms with Gasteiger partial charge in [0.05, 0.1) is 12.2 Å². The fourth-order valence-corrected chi connectivity index (χ4v) is 1.06. The summed E-state index contributed by atoms with van der Waals surface area (Å²) >= 11 is 0. The molecule has 0 aliphatic heterocycles. The van der Waals surface area contributed by atoms with Crippen LogP contribution in [0.25, 0.3) is 0 Å². The summed E-state index contributed by atoms with van der Waals surface area (Å²) in [6.07, 6.45) is -0.743. The van der Waals surface area contributed by atoms with Crippen molar-refractivity contribution in [3.63, 3.8) is 0 Å². The zero-order valence-corrected chi connectivity index (χ0v) is 8.57. The van der Waals surface area contributed by atoms with E-state index in [4.69, 9.17) is 12.6 Å². The Kier molecular flexibility index (Phi) is 4.34. The second-order valence-electron chi connectivity index (χ2n) is 3.33. The van der Waals surface area contributed by atoms with E-state index in [1.807, 2.05) is 0 Å². The molecule has 0 fully saturated rings. The van der Waals surface area contributed by atoms with E-state index in [0.29, 0.717) is 11.0 Å². The predicted octanol–water partition coefficient (Wildman–Crippen LogP) is 1.39. The van der Waals surface area contributed by atoms with Crippen molar-refractivity contribution in [1.29, 1.82) is 0 Å². The standard InChI is InChI=1S/C11H12BFO2/c1-8(13)5-6-15-11(14)9-3-2-4-10(12)7-9/h2-4,7-8H,5-6H2,1H3. The molecule has 1 unspecified atom stereocenters. The van der Waals surface area contributed by atoms with Gasteiger partial charge in [-0.05, 0) is 13.0 Å². The fourth-order valence-electron chi connectivity index (χ4n) is 1.06. The van der Waals surface area contributed by atoms with E-state index in [9.17, 15) is 9.18 Å². The van der Waals surface area contributed by atoms with Gasteiger partial charge in [0.2, 0.25) is 0 Å². The molecule has 0 aromatic heterocycles. The molecule has 0 spiro atoms. The Morgan fingerprint density at radius 2 is 2.33 bits per heavy atom. The number of halogens is 1. The molecular weight excluding hydrogens is 194 g/mol. The number of rotatable bonds is 4. The quantitative estimate of drug-likeness (QED) is 0.549. The largest absolute Gasteiger partial charge is 0.462 e. The highest BCUT2D eigenvalue weighted by Gasteiger charge is 2.07. The van der Waals surface area contributed by atoms with Crippen LogP contribution in [0.4, 0.5) is 4.39 Å². The second-order valence-corrected chi connectivity index (χ2v) is 3.33. The van der Waals surface area contributed by atoms with Crippen LogP contribution < -0.4 is 5.46 Å². The van der Waals surface area contributed by atoms with Gasteiger partial charge in [0.15, 0.2) is 0 Å². The van der Waals surface area contributed by atoms with Gasteiger partial charge in [-0.2, -0.15) is 0 Å². The molecule has 0 saturated heterocycles. The molecule has 0 aliphatic rings. The maximum atomic E-state index is 12.4. The van der Waals surface area contributed by atoms with Crippen LogP contribution in [-0.4, -0.2) is 26.6 Å². The molecule has 0 bridgehead atoms. The van der Waals surface area contributed by atoms with Crippen molar-refractivity contribution in [3.05, 3.63) is 29.8 Å². The van der Waals surface area contributed by atoms with Gasteiger partial charge >= 0.3 is 5.97 Å². The van der Waals surface area contributed by atoms with E-state index in [0.717, 1.165) is 0 Å². The van der Waals surface area contributed by atoms with Gasteiger partial charge in [-0.15, -0.1) is 0 Å². The maximum Gasteiger partial charge on any atom is 0.338 e. The molecule has 1 rings (SSSR count). The summed E-state index contributed by atoms with van der Waals surface area (Å²) in [5.41, 5.74) is 0.893. The Balaban J connectivity index is 2.47. The van der Waals surface area contributed by atoms with Crippen molar-refractivity contribution in [3.8, 4) is 0 Å². The van der Waals surface area contributed by atoms with Crippen LogP contribution in [-0.2, 0) is 4.74 Å². The van der Waals surface area contributed by atoms with Crippen molar-refractivity contribution < 1.29 is 13.9 Å². The molecule has 0 N–H and O–H groups in total. The van der Waals surface area contributed by atoms with Crippen LogP contribution in [0, 0.1) is 0 Å². The third kappa shape index (κ3) is 4.15. The Labute approximate surface area is 89.8 Å². The SMILES string of the molecule is [B]c1cccc(C(=O)OCCC(C)F)c1. The average molecular weight is 206 g/mol. The highest BCUT2D eigenvalue weighted by Crippen LogP contribution is 2.02. The highest BCUT2D eigenvalue weighted by atomic mass is 19.1. The molecule has 2 nitrogen and oxygen atoms in total. The zero-order valence-electron chi connectivity index (χ0n) is 8.57. The van der Waals surface area contributed by atoms with Gasteiger partial charge in [0, 0.05) is 6.42 Å². The lowest BCUT2D eigenvalue weighted by Gasteiger charge is -2.05. The molecule has 1 aromatic rings. The first kappa shape index (κ1) is 11.8. The zero-order chi connectivity index (χ0) is 11.3. The predicted molar refractivity (Wildman–Crippen MR) is 57.3 cm³/mol. The lowest BCUT2D eigenvalue weighted by molar-refractivity contribution is 0.0478. The van der Waals surface area contributed by atoms with Crippen LogP contribution in [0.2, 0.25) is 0 Å². The van der Waals surface area contributed by atoms with Gasteiger partial charge < -0.3 is 4.74 Å². The smallest absolute Gasteiger partial charge is 0.338 e. The van der Waals surface area contributed by atoms with Crippen molar-refractivity contribution in [2.45, 2.75) is 19.5 Å². The normalized spacial score (nSPS) is 12.1. The molecule has 1 aromatic carbocycles. The summed E-state index contributed by atoms with van der Waals surface area (Å²) in [4.78, 5) is 11.4. The van der Waals surface area contributed by atoms with Crippen LogP contribution in [0.15, 0.2) is 24.3 Å². The molecule has 0 amide bonds. The van der Waals surface area contributed by atoms with E-state index in [1.54, 1.807) is 18.2 Å². The first-order valence-electron chi connectivity index (χ1n) is 4.76. The summed E-state index contributed by atoms with van der Waals surface area (Å²) in [6, 6.07) is 6.49. The van der Waals surface area contributed by atoms with Crippen LogP contribution in [0.5, 0.6) is 0 Å². The molecule has 0 saturated carbocycles. The minimum atomic E-state index is -0.960. The van der Waals surface area contributed by atoms with Gasteiger partial charge in [0.1, 0.15) is 14.0 Å². The first-order chi connectivity index (χ1) is 7.09. The third-order valence-corrected chi connectivity index (χ3v) is 1.87. The Morgan fingerprint density at radius 1 is 1.60 bits per heavy atom. The fraction of sp³-hybridized carbons (Fsp3) is 0.364. The van der Waals surface area contributed by atoms with Crippen LogP contribution in [0.1, 0.15) is 23.7 Å². The molecule has 0 aliphatic carbocycles. The minimum Gasteiger partial charge on any atom is -0.462 e. The number of alkyl halides is 1. The molecule has 2 radical (unpaired) electrons. The Hall–Kier alpha value is -1.32. The van der Waals surface area contributed by atoms with Crippen molar-refractivity contribution in [1.82, 2.24) is 0 Å². The van der Waals surface area contributed by atoms with E-state index in [2.05, 4.69) is 0 Å². The summed E-state index contributed by atoms with van der Waals surface area (Å²) in [7, 11) is 5.51. The van der Waals surface area contributed by atoms with Crippen LogP contribution in [0.3, 0.4) is 0 Å². The maximum absolute atomic E-state index is 12.4. The van der Waals surface area contributed by atoms with Gasteiger partial charge in [0.25, 0.3) is 0 Å². The van der Waals surface area contributed by atoms with E-state index in [-0.39, 0.29) is 13.0 Å². The van der Waals surface area contributed by atoms with Gasteiger partial charge in [-0.1, -0.05) is 23.7 Å². The van der Waals surface area contributed by atoms with Gasteiger partial charge in [-0.25, -0.2) is 9.18 Å². The molecule has 4 heteroatoms. The first-order valence-corrected chi connectivity index (χ1v) is 4.76. The van der Waals surface area contributed by atoms with E-state index in [1.165, 1.54) is 13.0 Å². The van der Waals surface area contributed by atoms with Crippen molar-refractivity contribution in [2.24, 2.45) is 0 Å². The number of esters is 1. The average Bonchev–Trinajstić information content (AvgIpc) is 2.17. The third-order valence-electron chi connectivity index (χ3n) is 1.87. The van der Waals surface area contributed by atoms with Crippen molar-refractivity contribution in [2.75, 3.05) is 6.61 Å². The minimum absolute atomic E-state index is 0.0886. The number of carbonyl (C=O) groups is 1. The van der Waals surface area contributed by atoms with E-state index >= 15 is 0 Å². The number of benzene rings is 1. The van der Waals surface area contributed by atoms with Gasteiger partial charge in [-0.3, -0.25) is 0 Å². The highest BCUT2D eigenvalue weighted by molar-refractivity contribution is 6.32. The summed E-state index contributed by atoms with van der Waals surface area (Å²) < 4.78 is 17.3. The van der Waals surface area contributed by atoms with Crippen molar-refractivity contribution >= 4 is 19.3 Å². The molecule has 0 heterocycles. The number of hydrogen-bond acceptors (Lipinski definition) is 2. The number of ether oxygens (including phenoxy) is 1.